The van der Waals surface area contributed by atoms with E-state index >= 15 is 0 Å². The second kappa shape index (κ2) is 7.12. The van der Waals surface area contributed by atoms with Crippen LogP contribution in [0.4, 0.5) is 5.69 Å². The fourth-order valence-electron chi connectivity index (χ4n) is 1.23. The van der Waals surface area contributed by atoms with E-state index in [-0.39, 0.29) is 18.7 Å². The lowest BCUT2D eigenvalue weighted by Crippen LogP contribution is -2.43. The van der Waals surface area contributed by atoms with Crippen molar-refractivity contribution in [2.75, 3.05) is 18.9 Å². The van der Waals surface area contributed by atoms with Crippen molar-refractivity contribution in [3.63, 3.8) is 0 Å². The molecule has 0 radical (unpaired) electrons. The number of hydrogen-bond donors (Lipinski definition) is 4. The highest BCUT2D eigenvalue weighted by molar-refractivity contribution is 6.38. The molecule has 0 aliphatic carbocycles. The maximum Gasteiger partial charge on any atom is 0.316 e. The topological polar surface area (TPSA) is 122 Å². The number of rotatable bonds is 4. The number of aliphatic hydroxyl groups is 1. The third-order valence-corrected chi connectivity index (χ3v) is 2.23. The molecule has 5 N–H and O–H groups in total. The summed E-state index contributed by atoms with van der Waals surface area (Å²) >= 11 is 0. The third-order valence-electron chi connectivity index (χ3n) is 2.23. The van der Waals surface area contributed by atoms with Crippen molar-refractivity contribution in [3.05, 3.63) is 29.8 Å². The van der Waals surface area contributed by atoms with Crippen molar-refractivity contribution < 1.29 is 19.5 Å². The first-order chi connectivity index (χ1) is 9.04. The van der Waals surface area contributed by atoms with E-state index in [0.29, 0.717) is 12.1 Å². The summed E-state index contributed by atoms with van der Waals surface area (Å²) in [7, 11) is 0. The molecule has 0 aromatic heterocycles. The fraction of sp³-hybridized carbons (Fsp3) is 0.250. The maximum absolute atomic E-state index is 11.6. The molecule has 0 spiro atoms. The molecule has 102 valence electrons. The van der Waals surface area contributed by atoms with E-state index in [9.17, 15) is 14.4 Å². The molecule has 1 aromatic carbocycles. The minimum absolute atomic E-state index is 0.0910. The van der Waals surface area contributed by atoms with E-state index < -0.39 is 17.7 Å². The molecule has 0 bridgehead atoms. The van der Waals surface area contributed by atoms with Gasteiger partial charge in [-0.15, -0.1) is 0 Å². The van der Waals surface area contributed by atoms with E-state index in [2.05, 4.69) is 5.32 Å². The molecule has 0 saturated heterocycles. The van der Waals surface area contributed by atoms with Crippen LogP contribution in [0.2, 0.25) is 0 Å². The van der Waals surface area contributed by atoms with Crippen LogP contribution in [0.3, 0.4) is 0 Å². The van der Waals surface area contributed by atoms with E-state index in [0.717, 1.165) is 0 Å². The largest absolute Gasteiger partial charge is 0.399 e. The van der Waals surface area contributed by atoms with Crippen LogP contribution >= 0.6 is 0 Å². The number of nitrogen functional groups attached to an aromatic ring is 1. The lowest BCUT2D eigenvalue weighted by molar-refractivity contribution is -0.138. The summed E-state index contributed by atoms with van der Waals surface area (Å²) in [5.41, 5.74) is 6.18. The minimum atomic E-state index is -1.04. The van der Waals surface area contributed by atoms with Crippen LogP contribution in [0.15, 0.2) is 24.3 Å². The Morgan fingerprint density at radius 1 is 1.11 bits per heavy atom. The minimum Gasteiger partial charge on any atom is -0.399 e. The van der Waals surface area contributed by atoms with E-state index in [1.807, 2.05) is 5.32 Å². The monoisotopic (exact) mass is 265 g/mol. The average Bonchev–Trinajstić information content (AvgIpc) is 2.39. The van der Waals surface area contributed by atoms with Gasteiger partial charge in [-0.25, -0.2) is 0 Å². The quantitative estimate of drug-likeness (QED) is 0.317. The number of hydrogen-bond acceptors (Lipinski definition) is 5. The number of aliphatic hydroxyl groups excluding tert-OH is 1. The average molecular weight is 265 g/mol. The standard InChI is InChI=1S/C12H15N3O4/c13-9-4-2-8(3-5-9)10(17)15-12(19)11(18)14-6-1-7-16/h2-5,16H,1,6-7,13H2,(H,14,18)(H,15,17,19). The fourth-order valence-corrected chi connectivity index (χ4v) is 1.23. The van der Waals surface area contributed by atoms with Gasteiger partial charge in [0, 0.05) is 24.4 Å². The first-order valence-electron chi connectivity index (χ1n) is 5.64. The van der Waals surface area contributed by atoms with Gasteiger partial charge in [-0.05, 0) is 30.7 Å². The molecule has 7 nitrogen and oxygen atoms in total. The number of carbonyl (C=O) groups excluding carboxylic acids is 3. The van der Waals surface area contributed by atoms with Crippen molar-refractivity contribution in [2.45, 2.75) is 6.42 Å². The number of nitrogens with two attached hydrogens (primary N) is 1. The zero-order chi connectivity index (χ0) is 14.3. The van der Waals surface area contributed by atoms with Crippen LogP contribution < -0.4 is 16.4 Å². The van der Waals surface area contributed by atoms with Crippen LogP contribution in [0, 0.1) is 0 Å². The number of imide groups is 1. The first kappa shape index (κ1) is 14.7. The van der Waals surface area contributed by atoms with Crippen molar-refractivity contribution >= 4 is 23.4 Å². The molecule has 3 amide bonds. The summed E-state index contributed by atoms with van der Waals surface area (Å²) < 4.78 is 0. The van der Waals surface area contributed by atoms with E-state index in [1.165, 1.54) is 24.3 Å². The zero-order valence-corrected chi connectivity index (χ0v) is 10.2. The molecule has 0 atom stereocenters. The number of amides is 3. The summed E-state index contributed by atoms with van der Waals surface area (Å²) in [6, 6.07) is 5.92. The molecular weight excluding hydrogens is 250 g/mol. The molecule has 1 rings (SSSR count). The highest BCUT2D eigenvalue weighted by Gasteiger charge is 2.16. The van der Waals surface area contributed by atoms with Gasteiger partial charge in [-0.3, -0.25) is 19.7 Å². The van der Waals surface area contributed by atoms with Gasteiger partial charge in [-0.2, -0.15) is 0 Å². The summed E-state index contributed by atoms with van der Waals surface area (Å²) in [5, 5.41) is 12.7. The van der Waals surface area contributed by atoms with Gasteiger partial charge in [0.1, 0.15) is 0 Å². The number of anilines is 1. The Bertz CT molecular complexity index is 470. The van der Waals surface area contributed by atoms with Gasteiger partial charge >= 0.3 is 11.8 Å². The molecule has 0 aliphatic heterocycles. The molecule has 0 heterocycles. The van der Waals surface area contributed by atoms with Gasteiger partial charge in [0.15, 0.2) is 0 Å². The predicted molar refractivity (Wildman–Crippen MR) is 68.0 cm³/mol. The molecule has 7 heteroatoms. The van der Waals surface area contributed by atoms with Crippen molar-refractivity contribution in [3.8, 4) is 0 Å². The molecule has 19 heavy (non-hydrogen) atoms. The van der Waals surface area contributed by atoms with Crippen molar-refractivity contribution in [1.29, 1.82) is 0 Å². The zero-order valence-electron chi connectivity index (χ0n) is 10.2. The molecule has 0 unspecified atom stereocenters. The highest BCUT2D eigenvalue weighted by Crippen LogP contribution is 2.04. The number of benzene rings is 1. The van der Waals surface area contributed by atoms with Crippen LogP contribution in [0.25, 0.3) is 0 Å². The summed E-state index contributed by atoms with van der Waals surface area (Å²) in [6.07, 6.45) is 0.338. The predicted octanol–water partition coefficient (Wildman–Crippen LogP) is -0.976. The van der Waals surface area contributed by atoms with Gasteiger partial charge in [0.05, 0.1) is 0 Å². The number of carbonyl (C=O) groups is 3. The Kier molecular flexibility index (Phi) is 5.49. The maximum atomic E-state index is 11.6. The summed E-state index contributed by atoms with van der Waals surface area (Å²) in [6.45, 7) is 0.0745. The molecule has 0 fully saturated rings. The second-order valence-electron chi connectivity index (χ2n) is 3.74. The van der Waals surface area contributed by atoms with Crippen LogP contribution in [0.5, 0.6) is 0 Å². The van der Waals surface area contributed by atoms with E-state index in [1.54, 1.807) is 0 Å². The smallest absolute Gasteiger partial charge is 0.316 e. The van der Waals surface area contributed by atoms with Gasteiger partial charge in [0.25, 0.3) is 5.91 Å². The Morgan fingerprint density at radius 3 is 2.32 bits per heavy atom. The van der Waals surface area contributed by atoms with Crippen molar-refractivity contribution in [1.82, 2.24) is 10.6 Å². The lowest BCUT2D eigenvalue weighted by Gasteiger charge is -2.05. The van der Waals surface area contributed by atoms with Gasteiger partial charge < -0.3 is 16.2 Å². The van der Waals surface area contributed by atoms with Crippen LogP contribution in [-0.4, -0.2) is 36.0 Å². The van der Waals surface area contributed by atoms with Gasteiger partial charge in [-0.1, -0.05) is 0 Å². The molecular formula is C12H15N3O4. The second-order valence-corrected chi connectivity index (χ2v) is 3.74. The summed E-state index contributed by atoms with van der Waals surface area (Å²) in [4.78, 5) is 34.2. The Labute approximate surface area is 109 Å². The van der Waals surface area contributed by atoms with Crippen molar-refractivity contribution in [2.24, 2.45) is 0 Å². The Hall–Kier alpha value is -2.41. The normalized spacial score (nSPS) is 9.74. The molecule has 0 saturated carbocycles. The highest BCUT2D eigenvalue weighted by atomic mass is 16.3. The van der Waals surface area contributed by atoms with Crippen LogP contribution in [0.1, 0.15) is 16.8 Å². The summed E-state index contributed by atoms with van der Waals surface area (Å²) in [5.74, 6) is -2.64. The SMILES string of the molecule is Nc1ccc(C(=O)NC(=O)C(=O)NCCCO)cc1. The first-order valence-corrected chi connectivity index (χ1v) is 5.64. The third kappa shape index (κ3) is 4.76. The Morgan fingerprint density at radius 2 is 1.74 bits per heavy atom. The van der Waals surface area contributed by atoms with E-state index in [4.69, 9.17) is 10.8 Å². The van der Waals surface area contributed by atoms with Crippen LogP contribution in [-0.2, 0) is 9.59 Å². The number of nitrogens with one attached hydrogen (secondary N) is 2. The Balaban J connectivity index is 2.49. The van der Waals surface area contributed by atoms with Gasteiger partial charge in [0.2, 0.25) is 0 Å². The molecule has 1 aromatic rings. The molecule has 0 aliphatic rings. The lowest BCUT2D eigenvalue weighted by atomic mass is 10.2.